The van der Waals surface area contributed by atoms with E-state index in [9.17, 15) is 9.59 Å². The molecule has 0 aliphatic rings. The maximum atomic E-state index is 13.3. The molecule has 2 amide bonds. The molecule has 0 aromatic carbocycles. The highest BCUT2D eigenvalue weighted by Crippen LogP contribution is 2.35. The number of anilines is 1. The number of rotatable bonds is 4. The molecule has 7 nitrogen and oxygen atoms in total. The fourth-order valence-electron chi connectivity index (χ4n) is 3.48. The number of fused-ring (bicyclic) bond motifs is 1. The third-order valence-electron chi connectivity index (χ3n) is 5.04. The molecule has 0 aliphatic heterocycles. The van der Waals surface area contributed by atoms with Gasteiger partial charge < -0.3 is 15.6 Å². The minimum absolute atomic E-state index is 0.298. The first-order valence-electron chi connectivity index (χ1n) is 9.23. The van der Waals surface area contributed by atoms with Crippen LogP contribution in [0.1, 0.15) is 46.6 Å². The van der Waals surface area contributed by atoms with Gasteiger partial charge in [0.1, 0.15) is 5.00 Å². The van der Waals surface area contributed by atoms with Crippen molar-refractivity contribution in [2.45, 2.75) is 34.6 Å². The second kappa shape index (κ2) is 7.33. The third-order valence-corrected chi connectivity index (χ3v) is 7.13. The second-order valence-electron chi connectivity index (χ2n) is 7.14. The van der Waals surface area contributed by atoms with Crippen LogP contribution in [0.25, 0.3) is 22.4 Å². The van der Waals surface area contributed by atoms with Gasteiger partial charge in [-0.15, -0.1) is 22.7 Å². The molecule has 0 radical (unpaired) electrons. The van der Waals surface area contributed by atoms with Crippen molar-refractivity contribution >= 4 is 50.6 Å². The fourth-order valence-corrected chi connectivity index (χ4v) is 5.47. The van der Waals surface area contributed by atoms with E-state index in [1.54, 1.807) is 24.3 Å². The van der Waals surface area contributed by atoms with E-state index in [4.69, 9.17) is 10.3 Å². The summed E-state index contributed by atoms with van der Waals surface area (Å²) >= 11 is 2.99. The summed E-state index contributed by atoms with van der Waals surface area (Å²) in [6, 6.07) is 3.78. The molecule has 4 heterocycles. The Hall–Kier alpha value is -3.04. The van der Waals surface area contributed by atoms with Gasteiger partial charge in [-0.25, -0.2) is 4.98 Å². The topological polar surface area (TPSA) is 111 Å². The number of pyridine rings is 1. The van der Waals surface area contributed by atoms with Crippen LogP contribution in [-0.2, 0) is 0 Å². The van der Waals surface area contributed by atoms with Gasteiger partial charge in [-0.1, -0.05) is 5.16 Å². The number of primary amides is 1. The second-order valence-corrected chi connectivity index (χ2v) is 9.82. The lowest BCUT2D eigenvalue weighted by molar-refractivity contribution is 0.100. The summed E-state index contributed by atoms with van der Waals surface area (Å²) in [5, 5.41) is 7.83. The number of carbonyl (C=O) groups excluding carboxylic acids is 2. The molecule has 4 aromatic heterocycles. The highest BCUT2D eigenvalue weighted by atomic mass is 32.1. The van der Waals surface area contributed by atoms with Crippen molar-refractivity contribution in [1.29, 1.82) is 0 Å². The average molecular weight is 441 g/mol. The Morgan fingerprint density at radius 1 is 1.07 bits per heavy atom. The molecule has 154 valence electrons. The van der Waals surface area contributed by atoms with Crippen LogP contribution < -0.4 is 11.1 Å². The van der Waals surface area contributed by atoms with Crippen LogP contribution in [0.15, 0.2) is 16.7 Å². The predicted molar refractivity (Wildman–Crippen MR) is 120 cm³/mol. The SMILES string of the molecule is Cc1cc(-c2cc(C(=O)Nc3sc(C)c(C)c3C(N)=O)c3c(C)noc3n2)c(C)s1. The summed E-state index contributed by atoms with van der Waals surface area (Å²) in [5.74, 6) is -0.943. The molecule has 0 aliphatic carbocycles. The van der Waals surface area contributed by atoms with Crippen LogP contribution in [0, 0.1) is 34.6 Å². The number of nitrogens with zero attached hydrogens (tertiary/aromatic N) is 2. The summed E-state index contributed by atoms with van der Waals surface area (Å²) in [7, 11) is 0. The van der Waals surface area contributed by atoms with Gasteiger partial charge in [0.15, 0.2) is 0 Å². The average Bonchev–Trinajstić information content (AvgIpc) is 3.30. The van der Waals surface area contributed by atoms with Crippen molar-refractivity contribution in [2.75, 3.05) is 5.32 Å². The summed E-state index contributed by atoms with van der Waals surface area (Å²) in [5.41, 5.74) is 9.49. The van der Waals surface area contributed by atoms with Crippen LogP contribution in [-0.4, -0.2) is 22.0 Å². The van der Waals surface area contributed by atoms with Crippen molar-refractivity contribution in [1.82, 2.24) is 10.1 Å². The number of nitrogens with two attached hydrogens (primary N) is 1. The van der Waals surface area contributed by atoms with Crippen LogP contribution in [0.4, 0.5) is 5.00 Å². The van der Waals surface area contributed by atoms with Gasteiger partial charge >= 0.3 is 0 Å². The third kappa shape index (κ3) is 3.29. The zero-order valence-corrected chi connectivity index (χ0v) is 18.8. The fraction of sp³-hybridized carbons (Fsp3) is 0.238. The smallest absolute Gasteiger partial charge is 0.259 e. The molecule has 0 saturated heterocycles. The molecule has 4 rings (SSSR count). The van der Waals surface area contributed by atoms with E-state index in [2.05, 4.69) is 15.5 Å². The zero-order chi connectivity index (χ0) is 21.7. The maximum absolute atomic E-state index is 13.3. The number of nitrogens with one attached hydrogen (secondary N) is 1. The Bertz CT molecular complexity index is 1330. The first-order valence-corrected chi connectivity index (χ1v) is 10.9. The lowest BCUT2D eigenvalue weighted by atomic mass is 10.1. The van der Waals surface area contributed by atoms with Gasteiger partial charge in [0.25, 0.3) is 17.5 Å². The summed E-state index contributed by atoms with van der Waals surface area (Å²) in [4.78, 5) is 33.0. The Labute approximate surface area is 180 Å². The van der Waals surface area contributed by atoms with Gasteiger partial charge in [-0.05, 0) is 52.3 Å². The van der Waals surface area contributed by atoms with Crippen molar-refractivity contribution < 1.29 is 14.1 Å². The monoisotopic (exact) mass is 440 g/mol. The lowest BCUT2D eigenvalue weighted by Crippen LogP contribution is -2.18. The van der Waals surface area contributed by atoms with Crippen molar-refractivity contribution in [3.05, 3.63) is 49.1 Å². The first-order chi connectivity index (χ1) is 14.2. The molecule has 0 saturated carbocycles. The first kappa shape index (κ1) is 20.2. The molecule has 4 aromatic rings. The highest BCUT2D eigenvalue weighted by molar-refractivity contribution is 7.16. The van der Waals surface area contributed by atoms with E-state index in [1.165, 1.54) is 11.3 Å². The number of aryl methyl sites for hydroxylation is 4. The molecular weight excluding hydrogens is 420 g/mol. The van der Waals surface area contributed by atoms with Crippen molar-refractivity contribution in [3.8, 4) is 11.3 Å². The number of hydrogen-bond donors (Lipinski definition) is 2. The molecule has 0 bridgehead atoms. The lowest BCUT2D eigenvalue weighted by Gasteiger charge is -2.08. The Kier molecular flexibility index (Phi) is 4.95. The molecule has 0 unspecified atom stereocenters. The van der Waals surface area contributed by atoms with Crippen LogP contribution >= 0.6 is 22.7 Å². The molecule has 3 N–H and O–H groups in total. The van der Waals surface area contributed by atoms with Gasteiger partial charge in [-0.2, -0.15) is 0 Å². The Balaban J connectivity index is 1.85. The Morgan fingerprint density at radius 2 is 1.80 bits per heavy atom. The Morgan fingerprint density at radius 3 is 2.43 bits per heavy atom. The van der Waals surface area contributed by atoms with Gasteiger partial charge in [0.2, 0.25) is 0 Å². The van der Waals surface area contributed by atoms with E-state index in [1.807, 2.05) is 33.8 Å². The number of thiophene rings is 2. The molecule has 0 spiro atoms. The predicted octanol–water partition coefficient (Wildman–Crippen LogP) is 4.91. The van der Waals surface area contributed by atoms with E-state index in [0.29, 0.717) is 38.6 Å². The minimum atomic E-state index is -0.571. The largest absolute Gasteiger partial charge is 0.365 e. The summed E-state index contributed by atoms with van der Waals surface area (Å²) in [6.07, 6.45) is 0. The summed E-state index contributed by atoms with van der Waals surface area (Å²) < 4.78 is 5.37. The van der Waals surface area contributed by atoms with Crippen LogP contribution in [0.3, 0.4) is 0 Å². The molecule has 30 heavy (non-hydrogen) atoms. The molecule has 9 heteroatoms. The van der Waals surface area contributed by atoms with E-state index in [-0.39, 0.29) is 5.91 Å². The number of carbonyl (C=O) groups is 2. The molecule has 0 fully saturated rings. The number of amides is 2. The minimum Gasteiger partial charge on any atom is -0.365 e. The zero-order valence-electron chi connectivity index (χ0n) is 17.2. The highest BCUT2D eigenvalue weighted by Gasteiger charge is 2.24. The number of hydrogen-bond acceptors (Lipinski definition) is 7. The summed E-state index contributed by atoms with van der Waals surface area (Å²) in [6.45, 7) is 9.50. The van der Waals surface area contributed by atoms with E-state index >= 15 is 0 Å². The van der Waals surface area contributed by atoms with Gasteiger partial charge in [0, 0.05) is 20.2 Å². The maximum Gasteiger partial charge on any atom is 0.259 e. The molecular formula is C21H20N4O3S2. The van der Waals surface area contributed by atoms with Crippen molar-refractivity contribution in [3.63, 3.8) is 0 Å². The van der Waals surface area contributed by atoms with E-state index in [0.717, 1.165) is 25.8 Å². The van der Waals surface area contributed by atoms with Crippen LogP contribution in [0.5, 0.6) is 0 Å². The van der Waals surface area contributed by atoms with Gasteiger partial charge in [0.05, 0.1) is 27.9 Å². The van der Waals surface area contributed by atoms with Crippen LogP contribution in [0.2, 0.25) is 0 Å². The molecule has 0 atom stereocenters. The van der Waals surface area contributed by atoms with E-state index < -0.39 is 5.91 Å². The quantitative estimate of drug-likeness (QED) is 0.468. The normalized spacial score (nSPS) is 11.2. The van der Waals surface area contributed by atoms with Crippen molar-refractivity contribution in [2.24, 2.45) is 5.73 Å². The number of aromatic nitrogens is 2. The van der Waals surface area contributed by atoms with Gasteiger partial charge in [-0.3, -0.25) is 9.59 Å². The standard InChI is InChI=1S/C21H20N4O3S2/c1-8-6-13(12(5)29-8)15-7-14(17-10(3)25-28-20(17)23-15)19(27)24-21-16(18(22)26)9(2)11(4)30-21/h6-7H,1-5H3,(H2,22,26)(H,24,27).